The third kappa shape index (κ3) is 3.07. The number of hydrogen-bond acceptors (Lipinski definition) is 5. The first-order valence-corrected chi connectivity index (χ1v) is 5.90. The molecule has 2 aromatic rings. The van der Waals surface area contributed by atoms with E-state index < -0.39 is 0 Å². The Hall–Kier alpha value is -1.43. The molecule has 18 heavy (non-hydrogen) atoms. The van der Waals surface area contributed by atoms with Crippen molar-refractivity contribution in [2.75, 3.05) is 13.7 Å². The number of hydrogen-bond donors (Lipinski definition) is 1. The van der Waals surface area contributed by atoms with E-state index in [9.17, 15) is 0 Å². The van der Waals surface area contributed by atoms with Crippen LogP contribution in [0.25, 0.3) is 11.4 Å². The van der Waals surface area contributed by atoms with Crippen LogP contribution in [0.3, 0.4) is 0 Å². The lowest BCUT2D eigenvalue weighted by Gasteiger charge is -2.05. The second-order valence-electron chi connectivity index (χ2n) is 3.91. The highest BCUT2D eigenvalue weighted by Gasteiger charge is 2.13. The van der Waals surface area contributed by atoms with Gasteiger partial charge in [0.1, 0.15) is 0 Å². The Morgan fingerprint density at radius 3 is 2.94 bits per heavy atom. The summed E-state index contributed by atoms with van der Waals surface area (Å²) in [5, 5.41) is 4.48. The van der Waals surface area contributed by atoms with Gasteiger partial charge in [0.05, 0.1) is 11.6 Å². The van der Waals surface area contributed by atoms with Gasteiger partial charge in [-0.1, -0.05) is 28.9 Å². The Morgan fingerprint density at radius 1 is 1.44 bits per heavy atom. The number of aromatic nitrogens is 2. The summed E-state index contributed by atoms with van der Waals surface area (Å²) in [6.07, 6.45) is 0.477. The van der Waals surface area contributed by atoms with Crippen LogP contribution in [-0.4, -0.2) is 29.9 Å². The zero-order chi connectivity index (χ0) is 13.0. The molecule has 0 saturated heterocycles. The van der Waals surface area contributed by atoms with Gasteiger partial charge in [0.15, 0.2) is 0 Å². The summed E-state index contributed by atoms with van der Waals surface area (Å²) in [4.78, 5) is 4.27. The van der Waals surface area contributed by atoms with Crippen LogP contribution in [0.2, 0.25) is 5.02 Å². The Labute approximate surface area is 110 Å². The van der Waals surface area contributed by atoms with Crippen molar-refractivity contribution in [1.29, 1.82) is 0 Å². The van der Waals surface area contributed by atoms with Crippen molar-refractivity contribution in [2.24, 2.45) is 5.73 Å². The largest absolute Gasteiger partial charge is 0.383 e. The molecule has 0 saturated carbocycles. The topological polar surface area (TPSA) is 74.2 Å². The van der Waals surface area contributed by atoms with Crippen LogP contribution in [0, 0.1) is 0 Å². The molecule has 1 heterocycles. The van der Waals surface area contributed by atoms with Crippen LogP contribution in [0.5, 0.6) is 0 Å². The Balaban J connectivity index is 2.13. The predicted molar refractivity (Wildman–Crippen MR) is 68.3 cm³/mol. The van der Waals surface area contributed by atoms with Gasteiger partial charge < -0.3 is 15.0 Å². The van der Waals surface area contributed by atoms with Gasteiger partial charge in [-0.3, -0.25) is 0 Å². The number of rotatable bonds is 5. The molecule has 0 aliphatic rings. The maximum atomic E-state index is 6.06. The van der Waals surface area contributed by atoms with E-state index in [1.54, 1.807) is 13.2 Å². The van der Waals surface area contributed by atoms with Crippen LogP contribution in [0.15, 0.2) is 28.8 Å². The van der Waals surface area contributed by atoms with Crippen molar-refractivity contribution in [3.63, 3.8) is 0 Å². The molecule has 1 aromatic heterocycles. The smallest absolute Gasteiger partial charge is 0.228 e. The molecule has 96 valence electrons. The first-order valence-electron chi connectivity index (χ1n) is 5.52. The van der Waals surface area contributed by atoms with Gasteiger partial charge in [0.25, 0.3) is 0 Å². The molecule has 0 aliphatic carbocycles. The molecule has 0 radical (unpaired) electrons. The minimum atomic E-state index is -0.158. The average molecular weight is 268 g/mol. The van der Waals surface area contributed by atoms with Gasteiger partial charge in [-0.2, -0.15) is 4.98 Å². The summed E-state index contributed by atoms with van der Waals surface area (Å²) in [7, 11) is 1.60. The first-order chi connectivity index (χ1) is 8.70. The molecule has 0 aliphatic heterocycles. The highest BCUT2D eigenvalue weighted by atomic mass is 35.5. The number of ether oxygens (including phenoxy) is 1. The molecule has 0 spiro atoms. The molecular weight excluding hydrogens is 254 g/mol. The van der Waals surface area contributed by atoms with E-state index in [0.29, 0.717) is 29.8 Å². The molecular formula is C12H14ClN3O2. The van der Waals surface area contributed by atoms with Crippen LogP contribution < -0.4 is 5.73 Å². The summed E-state index contributed by atoms with van der Waals surface area (Å²) in [6, 6.07) is 7.18. The third-order valence-corrected chi connectivity index (χ3v) is 2.73. The van der Waals surface area contributed by atoms with E-state index in [1.807, 2.05) is 18.2 Å². The second-order valence-corrected chi connectivity index (χ2v) is 4.32. The van der Waals surface area contributed by atoms with Crippen LogP contribution in [0.4, 0.5) is 0 Å². The van der Waals surface area contributed by atoms with E-state index in [1.165, 1.54) is 0 Å². The second kappa shape index (κ2) is 5.95. The molecule has 5 nitrogen and oxygen atoms in total. The average Bonchev–Trinajstić information content (AvgIpc) is 2.78. The minimum Gasteiger partial charge on any atom is -0.383 e. The Morgan fingerprint density at radius 2 is 2.22 bits per heavy atom. The molecule has 1 unspecified atom stereocenters. The van der Waals surface area contributed by atoms with Crippen molar-refractivity contribution < 1.29 is 9.26 Å². The van der Waals surface area contributed by atoms with E-state index in [-0.39, 0.29) is 6.04 Å². The third-order valence-electron chi connectivity index (χ3n) is 2.40. The summed E-state index contributed by atoms with van der Waals surface area (Å²) in [5.41, 5.74) is 6.56. The maximum Gasteiger partial charge on any atom is 0.228 e. The fourth-order valence-corrected chi connectivity index (χ4v) is 1.81. The van der Waals surface area contributed by atoms with Crippen LogP contribution in [0.1, 0.15) is 5.89 Å². The molecule has 0 amide bonds. The summed E-state index contributed by atoms with van der Waals surface area (Å²) in [5.74, 6) is 0.953. The van der Waals surface area contributed by atoms with Crippen molar-refractivity contribution in [3.05, 3.63) is 35.2 Å². The normalized spacial score (nSPS) is 12.6. The highest BCUT2D eigenvalue weighted by Crippen LogP contribution is 2.24. The molecule has 1 atom stereocenters. The van der Waals surface area contributed by atoms with E-state index in [2.05, 4.69) is 10.1 Å². The Kier molecular flexibility index (Phi) is 4.30. The van der Waals surface area contributed by atoms with Crippen molar-refractivity contribution in [1.82, 2.24) is 10.1 Å². The lowest BCUT2D eigenvalue weighted by atomic mass is 10.2. The van der Waals surface area contributed by atoms with Gasteiger partial charge in [-0.05, 0) is 12.1 Å². The zero-order valence-corrected chi connectivity index (χ0v) is 10.7. The quantitative estimate of drug-likeness (QED) is 0.896. The molecule has 0 bridgehead atoms. The molecule has 2 N–H and O–H groups in total. The monoisotopic (exact) mass is 267 g/mol. The molecule has 2 rings (SSSR count). The summed E-state index contributed by atoms with van der Waals surface area (Å²) < 4.78 is 10.1. The standard InChI is InChI=1S/C12H14ClN3O2/c1-17-7-8(14)6-11-15-12(16-18-11)9-4-2-3-5-10(9)13/h2-5,8H,6-7,14H2,1H3. The lowest BCUT2D eigenvalue weighted by Crippen LogP contribution is -2.28. The van der Waals surface area contributed by atoms with Gasteiger partial charge >= 0.3 is 0 Å². The fourth-order valence-electron chi connectivity index (χ4n) is 1.59. The van der Waals surface area contributed by atoms with E-state index in [4.69, 9.17) is 26.6 Å². The van der Waals surface area contributed by atoms with Crippen molar-refractivity contribution in [2.45, 2.75) is 12.5 Å². The van der Waals surface area contributed by atoms with Gasteiger partial charge in [0, 0.05) is 25.1 Å². The number of halogens is 1. The summed E-state index contributed by atoms with van der Waals surface area (Å²) >= 11 is 6.06. The predicted octanol–water partition coefficient (Wildman–Crippen LogP) is 1.91. The minimum absolute atomic E-state index is 0.158. The highest BCUT2D eigenvalue weighted by molar-refractivity contribution is 6.33. The number of nitrogens with two attached hydrogens (primary N) is 1. The number of benzene rings is 1. The summed E-state index contributed by atoms with van der Waals surface area (Å²) in [6.45, 7) is 0.448. The van der Waals surface area contributed by atoms with Crippen molar-refractivity contribution in [3.8, 4) is 11.4 Å². The van der Waals surface area contributed by atoms with E-state index >= 15 is 0 Å². The first kappa shape index (κ1) is 13.0. The number of methoxy groups -OCH3 is 1. The van der Waals surface area contributed by atoms with Gasteiger partial charge in [-0.25, -0.2) is 0 Å². The zero-order valence-electron chi connectivity index (χ0n) is 9.97. The molecule has 0 fully saturated rings. The van der Waals surface area contributed by atoms with Gasteiger partial charge in [0.2, 0.25) is 11.7 Å². The van der Waals surface area contributed by atoms with Crippen LogP contribution in [-0.2, 0) is 11.2 Å². The molecule has 1 aromatic carbocycles. The lowest BCUT2D eigenvalue weighted by molar-refractivity contribution is 0.176. The number of nitrogens with zero attached hydrogens (tertiary/aromatic N) is 2. The SMILES string of the molecule is COCC(N)Cc1nc(-c2ccccc2Cl)no1. The fraction of sp³-hybridized carbons (Fsp3) is 0.333. The maximum absolute atomic E-state index is 6.06. The van der Waals surface area contributed by atoms with E-state index in [0.717, 1.165) is 5.56 Å². The molecule has 6 heteroatoms. The van der Waals surface area contributed by atoms with Crippen molar-refractivity contribution >= 4 is 11.6 Å². The van der Waals surface area contributed by atoms with Crippen LogP contribution >= 0.6 is 11.6 Å². The van der Waals surface area contributed by atoms with Gasteiger partial charge in [-0.15, -0.1) is 0 Å². The Bertz CT molecular complexity index is 516.